The van der Waals surface area contributed by atoms with Crippen molar-refractivity contribution in [3.05, 3.63) is 58.9 Å². The fourth-order valence-corrected chi connectivity index (χ4v) is 4.02. The van der Waals surface area contributed by atoms with E-state index in [1.54, 1.807) is 12.1 Å². The molecule has 1 fully saturated rings. The Morgan fingerprint density at radius 3 is 2.48 bits per heavy atom. The fraction of sp³-hybridized carbons (Fsp3) is 0.381. The number of rotatable bonds is 4. The quantitative estimate of drug-likeness (QED) is 0.717. The zero-order valence-electron chi connectivity index (χ0n) is 15.5. The van der Waals surface area contributed by atoms with Crippen molar-refractivity contribution in [2.75, 3.05) is 16.8 Å². The van der Waals surface area contributed by atoms with E-state index in [4.69, 9.17) is 0 Å². The third-order valence-electron chi connectivity index (χ3n) is 5.51. The number of carbonyl (C=O) groups is 1. The Morgan fingerprint density at radius 2 is 1.83 bits per heavy atom. The molecule has 1 aliphatic carbocycles. The van der Waals surface area contributed by atoms with Crippen molar-refractivity contribution in [1.82, 2.24) is 0 Å². The van der Waals surface area contributed by atoms with E-state index in [-0.39, 0.29) is 38.0 Å². The zero-order valence-corrected chi connectivity index (χ0v) is 15.5. The first-order valence-electron chi connectivity index (χ1n) is 9.40. The second-order valence-electron chi connectivity index (χ2n) is 7.72. The van der Waals surface area contributed by atoms with Crippen molar-refractivity contribution in [3.63, 3.8) is 0 Å². The molecule has 29 heavy (non-hydrogen) atoms. The zero-order chi connectivity index (χ0) is 20.8. The van der Waals surface area contributed by atoms with E-state index in [9.17, 15) is 26.7 Å². The summed E-state index contributed by atoms with van der Waals surface area (Å²) in [5.41, 5.74) is 0.977. The Bertz CT molecular complexity index is 937. The summed E-state index contributed by atoms with van der Waals surface area (Å²) in [5, 5.41) is 2.22. The molecule has 3 nitrogen and oxygen atoms in total. The molecule has 2 aliphatic rings. The summed E-state index contributed by atoms with van der Waals surface area (Å²) in [6, 6.07) is 7.03. The minimum absolute atomic E-state index is 0.191. The number of anilines is 2. The molecule has 0 saturated heterocycles. The van der Waals surface area contributed by atoms with E-state index in [2.05, 4.69) is 5.32 Å². The van der Waals surface area contributed by atoms with Crippen LogP contribution in [0.3, 0.4) is 0 Å². The third-order valence-corrected chi connectivity index (χ3v) is 5.51. The van der Waals surface area contributed by atoms with Gasteiger partial charge in [-0.1, -0.05) is 0 Å². The van der Waals surface area contributed by atoms with Gasteiger partial charge in [0, 0.05) is 38.0 Å². The van der Waals surface area contributed by atoms with Gasteiger partial charge in [0.1, 0.15) is 17.3 Å². The van der Waals surface area contributed by atoms with Gasteiger partial charge in [-0.05, 0) is 53.8 Å². The Morgan fingerprint density at radius 1 is 1.14 bits per heavy atom. The molecule has 8 heteroatoms. The Hall–Kier alpha value is -2.64. The lowest BCUT2D eigenvalue weighted by Crippen LogP contribution is -2.37. The predicted octanol–water partition coefficient (Wildman–Crippen LogP) is 5.04. The van der Waals surface area contributed by atoms with Crippen LogP contribution in [0.25, 0.3) is 0 Å². The summed E-state index contributed by atoms with van der Waals surface area (Å²) in [6.45, 7) is 0.700. The third kappa shape index (κ3) is 4.06. The Kier molecular flexibility index (Phi) is 4.96. The molecule has 0 unspecified atom stereocenters. The molecule has 0 spiro atoms. The predicted molar refractivity (Wildman–Crippen MR) is 98.4 cm³/mol. The number of nitrogens with zero attached hydrogens (tertiary/aromatic N) is 1. The number of benzene rings is 2. The molecular formula is C21H19F5N2O. The van der Waals surface area contributed by atoms with Crippen LogP contribution >= 0.6 is 0 Å². The highest BCUT2D eigenvalue weighted by Gasteiger charge is 2.45. The van der Waals surface area contributed by atoms with Gasteiger partial charge >= 0.3 is 0 Å². The smallest absolute Gasteiger partial charge is 0.248 e. The van der Waals surface area contributed by atoms with Crippen LogP contribution in [0.15, 0.2) is 30.3 Å². The molecule has 1 N–H and O–H groups in total. The van der Waals surface area contributed by atoms with Gasteiger partial charge in [-0.25, -0.2) is 22.0 Å². The topological polar surface area (TPSA) is 32.3 Å². The van der Waals surface area contributed by atoms with Gasteiger partial charge in [-0.2, -0.15) is 0 Å². The minimum atomic E-state index is -2.75. The van der Waals surface area contributed by atoms with E-state index in [1.165, 1.54) is 18.2 Å². The first-order valence-corrected chi connectivity index (χ1v) is 9.40. The van der Waals surface area contributed by atoms with Crippen molar-refractivity contribution in [3.8, 4) is 0 Å². The minimum Gasteiger partial charge on any atom is -0.367 e. The highest BCUT2D eigenvalue weighted by Crippen LogP contribution is 2.44. The number of alkyl halides is 2. The van der Waals surface area contributed by atoms with Gasteiger partial charge in [0.25, 0.3) is 0 Å². The molecule has 2 aromatic rings. The molecule has 0 radical (unpaired) electrons. The summed E-state index contributed by atoms with van der Waals surface area (Å²) in [7, 11) is 0. The highest BCUT2D eigenvalue weighted by atomic mass is 19.3. The van der Waals surface area contributed by atoms with Gasteiger partial charge in [0.2, 0.25) is 11.8 Å². The van der Waals surface area contributed by atoms with E-state index in [1.807, 2.05) is 4.90 Å². The molecule has 2 aromatic carbocycles. The van der Waals surface area contributed by atoms with E-state index >= 15 is 0 Å². The number of fused-ring (bicyclic) bond motifs is 1. The molecule has 0 aromatic heterocycles. The lowest BCUT2D eigenvalue weighted by atomic mass is 9.79. The van der Waals surface area contributed by atoms with Crippen molar-refractivity contribution in [1.29, 1.82) is 0 Å². The van der Waals surface area contributed by atoms with Crippen molar-refractivity contribution >= 4 is 17.3 Å². The number of hydrogen-bond acceptors (Lipinski definition) is 2. The number of halogens is 5. The number of carbonyl (C=O) groups excluding carboxylic acids is 1. The van der Waals surface area contributed by atoms with Crippen LogP contribution in [0, 0.1) is 23.4 Å². The average molecular weight is 410 g/mol. The first kappa shape index (κ1) is 19.7. The summed E-state index contributed by atoms with van der Waals surface area (Å²) in [6.07, 6.45) is -0.663. The second kappa shape index (κ2) is 7.31. The summed E-state index contributed by atoms with van der Waals surface area (Å²) in [4.78, 5) is 13.9. The molecule has 154 valence electrons. The molecule has 1 amide bonds. The van der Waals surface area contributed by atoms with Crippen molar-refractivity contribution < 1.29 is 26.7 Å². The lowest BCUT2D eigenvalue weighted by Gasteiger charge is -2.34. The first-order chi connectivity index (χ1) is 13.7. The lowest BCUT2D eigenvalue weighted by molar-refractivity contribution is -0.129. The molecule has 1 aliphatic heterocycles. The number of hydrogen-bond donors (Lipinski definition) is 1. The van der Waals surface area contributed by atoms with E-state index < -0.39 is 35.1 Å². The highest BCUT2D eigenvalue weighted by molar-refractivity contribution is 5.91. The maximum Gasteiger partial charge on any atom is 0.248 e. The number of amides is 1. The van der Waals surface area contributed by atoms with Crippen LogP contribution in [0.2, 0.25) is 0 Å². The normalized spacial score (nSPS) is 18.2. The molecular weight excluding hydrogens is 391 g/mol. The molecule has 1 saturated carbocycles. The second-order valence-corrected chi connectivity index (χ2v) is 7.72. The maximum absolute atomic E-state index is 14.9. The SMILES string of the molecule is O=C(CC1CC(F)(F)C1)Nc1c(F)cc2c(c1F)CCN(c1ccc(F)cc1)C2. The van der Waals surface area contributed by atoms with Crippen LogP contribution < -0.4 is 10.2 Å². The molecule has 4 rings (SSSR count). The van der Waals surface area contributed by atoms with E-state index in [0.29, 0.717) is 17.7 Å². The summed E-state index contributed by atoms with van der Waals surface area (Å²) >= 11 is 0. The summed E-state index contributed by atoms with van der Waals surface area (Å²) in [5.74, 6) is -6.00. The molecule has 1 heterocycles. The van der Waals surface area contributed by atoms with Crippen molar-refractivity contribution in [2.24, 2.45) is 5.92 Å². The molecule has 0 atom stereocenters. The van der Waals surface area contributed by atoms with Gasteiger partial charge < -0.3 is 10.2 Å². The molecule has 0 bridgehead atoms. The summed E-state index contributed by atoms with van der Waals surface area (Å²) < 4.78 is 68.2. The van der Waals surface area contributed by atoms with Crippen LogP contribution in [-0.2, 0) is 17.8 Å². The number of nitrogens with one attached hydrogen (secondary N) is 1. The fourth-order valence-electron chi connectivity index (χ4n) is 4.02. The van der Waals surface area contributed by atoms with Gasteiger partial charge in [-0.15, -0.1) is 0 Å². The van der Waals surface area contributed by atoms with Crippen LogP contribution in [0.4, 0.5) is 33.3 Å². The van der Waals surface area contributed by atoms with Gasteiger partial charge in [0.15, 0.2) is 5.82 Å². The Labute approximate surface area is 164 Å². The largest absolute Gasteiger partial charge is 0.367 e. The van der Waals surface area contributed by atoms with Crippen LogP contribution in [0.1, 0.15) is 30.4 Å². The van der Waals surface area contributed by atoms with E-state index in [0.717, 1.165) is 5.69 Å². The Balaban J connectivity index is 1.48. The maximum atomic E-state index is 14.9. The van der Waals surface area contributed by atoms with Gasteiger partial charge in [-0.3, -0.25) is 4.79 Å². The van der Waals surface area contributed by atoms with Crippen LogP contribution in [0.5, 0.6) is 0 Å². The van der Waals surface area contributed by atoms with Crippen molar-refractivity contribution in [2.45, 2.75) is 38.2 Å². The monoisotopic (exact) mass is 410 g/mol. The van der Waals surface area contributed by atoms with Gasteiger partial charge in [0.05, 0.1) is 0 Å². The average Bonchev–Trinajstić information content (AvgIpc) is 2.64. The standard InChI is InChI=1S/C21H19F5N2O/c22-14-1-3-15(4-2-14)28-6-5-16-13(11-28)8-17(23)20(19(16)24)27-18(29)7-12-9-21(25,26)10-12/h1-4,8,12H,5-7,9-11H2,(H,27,29). The van der Waals surface area contributed by atoms with Crippen LogP contribution in [-0.4, -0.2) is 18.4 Å².